The monoisotopic (exact) mass is 491 g/mol. The normalized spacial score (nSPS) is 17.5. The van der Waals surface area contributed by atoms with Crippen molar-refractivity contribution in [2.45, 2.75) is 58.0 Å². The minimum atomic E-state index is -0.533. The third-order valence-electron chi connectivity index (χ3n) is 7.25. The second-order valence-corrected chi connectivity index (χ2v) is 10.7. The van der Waals surface area contributed by atoms with Crippen LogP contribution in [-0.4, -0.2) is 56.1 Å². The van der Waals surface area contributed by atoms with Crippen LogP contribution in [0.25, 0.3) is 11.3 Å². The van der Waals surface area contributed by atoms with Gasteiger partial charge >= 0.3 is 0 Å². The molecule has 0 aromatic carbocycles. The number of anilines is 3. The number of rotatable bonds is 5. The van der Waals surface area contributed by atoms with E-state index in [1.165, 1.54) is 6.07 Å². The molecule has 0 atom stereocenters. The summed E-state index contributed by atoms with van der Waals surface area (Å²) in [5.74, 6) is 0.305. The van der Waals surface area contributed by atoms with Crippen molar-refractivity contribution < 1.29 is 4.39 Å². The van der Waals surface area contributed by atoms with Gasteiger partial charge in [0.15, 0.2) is 5.82 Å². The number of nitrogens with one attached hydrogen (secondary N) is 1. The number of pyridine rings is 2. The Morgan fingerprint density at radius 1 is 0.972 bits per heavy atom. The predicted molar refractivity (Wildman–Crippen MR) is 140 cm³/mol. The van der Waals surface area contributed by atoms with E-state index < -0.39 is 5.82 Å². The van der Waals surface area contributed by atoms with E-state index >= 15 is 0 Å². The summed E-state index contributed by atoms with van der Waals surface area (Å²) in [6, 6.07) is 7.20. The lowest BCUT2D eigenvalue weighted by Gasteiger charge is -2.42. The maximum atomic E-state index is 14.7. The number of halogens is 1. The van der Waals surface area contributed by atoms with Gasteiger partial charge < -0.3 is 14.8 Å². The standard InChI is InChI=1S/C27H34FN7O/c1-27(2,3)34-14-12-33(13-15-34)21-9-10-23(29-16-21)31-26-30-17-22(28)25(32-26)19-8-11-24(36)35(18-19)20-6-4-5-7-20/h8-11,16-18,20H,4-7,12-15H2,1-3H3,(H,29,30,31,32). The first-order chi connectivity index (χ1) is 17.3. The van der Waals surface area contributed by atoms with Crippen molar-refractivity contribution in [1.29, 1.82) is 0 Å². The fourth-order valence-corrected chi connectivity index (χ4v) is 5.14. The maximum absolute atomic E-state index is 14.7. The zero-order valence-electron chi connectivity index (χ0n) is 21.2. The molecule has 0 unspecified atom stereocenters. The number of piperazine rings is 1. The molecule has 1 saturated carbocycles. The van der Waals surface area contributed by atoms with Crippen LogP contribution in [0.15, 0.2) is 47.7 Å². The van der Waals surface area contributed by atoms with Crippen LogP contribution in [0.3, 0.4) is 0 Å². The van der Waals surface area contributed by atoms with E-state index in [0.29, 0.717) is 11.4 Å². The molecule has 0 radical (unpaired) electrons. The van der Waals surface area contributed by atoms with Gasteiger partial charge in [0.05, 0.1) is 18.1 Å². The quantitative estimate of drug-likeness (QED) is 0.558. The second-order valence-electron chi connectivity index (χ2n) is 10.7. The Balaban J connectivity index is 1.30. The molecule has 1 N–H and O–H groups in total. The molecule has 0 spiro atoms. The molecule has 2 fully saturated rings. The lowest BCUT2D eigenvalue weighted by atomic mass is 10.0. The molecule has 0 amide bonds. The highest BCUT2D eigenvalue weighted by atomic mass is 19.1. The molecule has 36 heavy (non-hydrogen) atoms. The summed E-state index contributed by atoms with van der Waals surface area (Å²) in [4.78, 5) is 30.3. The van der Waals surface area contributed by atoms with Crippen LogP contribution in [0.2, 0.25) is 0 Å². The maximum Gasteiger partial charge on any atom is 0.250 e. The van der Waals surface area contributed by atoms with Crippen molar-refractivity contribution in [2.24, 2.45) is 0 Å². The molecule has 4 heterocycles. The summed E-state index contributed by atoms with van der Waals surface area (Å²) in [6.45, 7) is 10.7. The van der Waals surface area contributed by atoms with Crippen molar-refractivity contribution in [2.75, 3.05) is 36.4 Å². The second kappa shape index (κ2) is 9.97. The molecule has 5 rings (SSSR count). The van der Waals surface area contributed by atoms with Crippen molar-refractivity contribution in [3.05, 3.63) is 59.0 Å². The molecular formula is C27H34FN7O. The number of aromatic nitrogens is 4. The van der Waals surface area contributed by atoms with Gasteiger partial charge in [0.2, 0.25) is 5.95 Å². The largest absolute Gasteiger partial charge is 0.368 e. The van der Waals surface area contributed by atoms with E-state index in [1.807, 2.05) is 18.3 Å². The van der Waals surface area contributed by atoms with Crippen LogP contribution in [0, 0.1) is 5.82 Å². The first-order valence-electron chi connectivity index (χ1n) is 12.8. The van der Waals surface area contributed by atoms with Crippen molar-refractivity contribution >= 4 is 17.5 Å². The lowest BCUT2D eigenvalue weighted by Crippen LogP contribution is -2.53. The van der Waals surface area contributed by atoms with Gasteiger partial charge in [-0.25, -0.2) is 19.3 Å². The Kier molecular flexibility index (Phi) is 6.75. The Morgan fingerprint density at radius 2 is 1.72 bits per heavy atom. The first-order valence-corrected chi connectivity index (χ1v) is 12.8. The minimum Gasteiger partial charge on any atom is -0.368 e. The van der Waals surface area contributed by atoms with Crippen LogP contribution < -0.4 is 15.8 Å². The topological polar surface area (TPSA) is 79.2 Å². The van der Waals surface area contributed by atoms with Crippen LogP contribution in [0.5, 0.6) is 0 Å². The van der Waals surface area contributed by atoms with Gasteiger partial charge in [-0.15, -0.1) is 0 Å². The van der Waals surface area contributed by atoms with Gasteiger partial charge in [0.25, 0.3) is 5.56 Å². The van der Waals surface area contributed by atoms with Gasteiger partial charge in [-0.2, -0.15) is 0 Å². The van der Waals surface area contributed by atoms with Gasteiger partial charge in [-0.05, 0) is 51.8 Å². The van der Waals surface area contributed by atoms with Crippen molar-refractivity contribution in [3.63, 3.8) is 0 Å². The average molecular weight is 492 g/mol. The highest BCUT2D eigenvalue weighted by Crippen LogP contribution is 2.30. The summed E-state index contributed by atoms with van der Waals surface area (Å²) in [5, 5.41) is 3.08. The van der Waals surface area contributed by atoms with E-state index in [4.69, 9.17) is 0 Å². The SMILES string of the molecule is CC(C)(C)N1CCN(c2ccc(Nc3ncc(F)c(-c4ccc(=O)n(C5CCCC5)c4)n3)nc2)CC1. The molecular weight excluding hydrogens is 457 g/mol. The summed E-state index contributed by atoms with van der Waals surface area (Å²) < 4.78 is 16.4. The molecule has 9 heteroatoms. The molecule has 3 aromatic rings. The predicted octanol–water partition coefficient (Wildman–Crippen LogP) is 4.62. The van der Waals surface area contributed by atoms with Gasteiger partial charge in [0, 0.05) is 55.6 Å². The van der Waals surface area contributed by atoms with E-state index in [9.17, 15) is 9.18 Å². The van der Waals surface area contributed by atoms with E-state index in [1.54, 1.807) is 16.8 Å². The van der Waals surface area contributed by atoms with Crippen molar-refractivity contribution in [1.82, 2.24) is 24.4 Å². The zero-order valence-corrected chi connectivity index (χ0v) is 21.2. The molecule has 0 bridgehead atoms. The molecule has 1 aliphatic carbocycles. The minimum absolute atomic E-state index is 0.0671. The van der Waals surface area contributed by atoms with Crippen LogP contribution in [0.4, 0.5) is 21.8 Å². The summed E-state index contributed by atoms with van der Waals surface area (Å²) >= 11 is 0. The van der Waals surface area contributed by atoms with Gasteiger partial charge in [0.1, 0.15) is 11.5 Å². The zero-order chi connectivity index (χ0) is 25.3. The van der Waals surface area contributed by atoms with E-state index in [-0.39, 0.29) is 28.8 Å². The van der Waals surface area contributed by atoms with E-state index in [2.05, 4.69) is 50.8 Å². The molecule has 1 aliphatic heterocycles. The number of hydrogen-bond donors (Lipinski definition) is 1. The lowest BCUT2D eigenvalue weighted by molar-refractivity contribution is 0.128. The Bertz CT molecular complexity index is 1250. The smallest absolute Gasteiger partial charge is 0.250 e. The Labute approximate surface area is 211 Å². The Morgan fingerprint density at radius 3 is 2.39 bits per heavy atom. The van der Waals surface area contributed by atoms with Gasteiger partial charge in [-0.3, -0.25) is 9.69 Å². The van der Waals surface area contributed by atoms with Crippen LogP contribution in [0.1, 0.15) is 52.5 Å². The van der Waals surface area contributed by atoms with E-state index in [0.717, 1.165) is 63.7 Å². The third-order valence-corrected chi connectivity index (χ3v) is 7.25. The summed E-state index contributed by atoms with van der Waals surface area (Å²) in [5.41, 5.74) is 1.90. The van der Waals surface area contributed by atoms with Crippen molar-refractivity contribution in [3.8, 4) is 11.3 Å². The Hall–Kier alpha value is -3.33. The molecule has 2 aliphatic rings. The highest BCUT2D eigenvalue weighted by molar-refractivity contribution is 5.61. The fourth-order valence-electron chi connectivity index (χ4n) is 5.14. The molecule has 3 aromatic heterocycles. The van der Waals surface area contributed by atoms with Gasteiger partial charge in [-0.1, -0.05) is 12.8 Å². The molecule has 190 valence electrons. The fraction of sp³-hybridized carbons (Fsp3) is 0.481. The molecule has 8 nitrogen and oxygen atoms in total. The number of hydrogen-bond acceptors (Lipinski definition) is 7. The number of nitrogens with zero attached hydrogens (tertiary/aromatic N) is 6. The third kappa shape index (κ3) is 5.26. The summed E-state index contributed by atoms with van der Waals surface area (Å²) in [6.07, 6.45) is 8.87. The summed E-state index contributed by atoms with van der Waals surface area (Å²) in [7, 11) is 0. The van der Waals surface area contributed by atoms with Crippen LogP contribution in [-0.2, 0) is 0 Å². The first kappa shape index (κ1) is 24.4. The average Bonchev–Trinajstić information content (AvgIpc) is 3.41. The molecule has 1 saturated heterocycles. The highest BCUT2D eigenvalue weighted by Gasteiger charge is 2.26. The van der Waals surface area contributed by atoms with Crippen LogP contribution >= 0.6 is 0 Å².